The van der Waals surface area contributed by atoms with Crippen molar-refractivity contribution in [1.82, 2.24) is 9.78 Å². The number of rotatable bonds is 3. The maximum atomic E-state index is 11.9. The normalized spacial score (nSPS) is 10.5. The number of carbonyl (C=O) groups excluding carboxylic acids is 1. The van der Waals surface area contributed by atoms with E-state index in [0.29, 0.717) is 5.39 Å². The van der Waals surface area contributed by atoms with E-state index < -0.39 is 5.91 Å². The second-order valence-electron chi connectivity index (χ2n) is 3.48. The van der Waals surface area contributed by atoms with Crippen LogP contribution in [0.4, 0.5) is 0 Å². The van der Waals surface area contributed by atoms with Gasteiger partial charge in [0.25, 0.3) is 5.56 Å². The molecule has 0 fully saturated rings. The molecule has 82 valence electrons. The number of nitrogens with two attached hydrogens (primary N) is 1. The lowest BCUT2D eigenvalue weighted by atomic mass is 10.2. The van der Waals surface area contributed by atoms with Gasteiger partial charge in [-0.2, -0.15) is 5.10 Å². The standard InChI is InChI=1S/C11H11N3O2/c12-10(15)5-6-14-11(16)9-4-2-1-3-8(9)7-13-14/h1-4,7H,5-6H2,(H2,12,15). The molecule has 1 aromatic carbocycles. The van der Waals surface area contributed by atoms with Crippen molar-refractivity contribution in [2.24, 2.45) is 5.73 Å². The van der Waals surface area contributed by atoms with Gasteiger partial charge in [0.2, 0.25) is 5.91 Å². The van der Waals surface area contributed by atoms with Crippen molar-refractivity contribution in [3.8, 4) is 0 Å². The molecule has 0 spiro atoms. The Labute approximate surface area is 91.5 Å². The molecular weight excluding hydrogens is 206 g/mol. The Morgan fingerprint density at radius 2 is 2.12 bits per heavy atom. The Bertz CT molecular complexity index is 589. The first-order chi connectivity index (χ1) is 7.68. The van der Waals surface area contributed by atoms with E-state index in [-0.39, 0.29) is 18.5 Å². The van der Waals surface area contributed by atoms with Crippen LogP contribution in [0.25, 0.3) is 10.8 Å². The fraction of sp³-hybridized carbons (Fsp3) is 0.182. The van der Waals surface area contributed by atoms with E-state index in [9.17, 15) is 9.59 Å². The van der Waals surface area contributed by atoms with Crippen LogP contribution >= 0.6 is 0 Å². The first-order valence-corrected chi connectivity index (χ1v) is 4.91. The minimum absolute atomic E-state index is 0.116. The smallest absolute Gasteiger partial charge is 0.274 e. The maximum absolute atomic E-state index is 11.9. The summed E-state index contributed by atoms with van der Waals surface area (Å²) in [6.45, 7) is 0.221. The number of primary amides is 1. The molecule has 0 radical (unpaired) electrons. The second-order valence-corrected chi connectivity index (χ2v) is 3.48. The van der Waals surface area contributed by atoms with Crippen molar-refractivity contribution in [3.05, 3.63) is 40.8 Å². The first kappa shape index (κ1) is 10.4. The molecule has 0 aliphatic rings. The van der Waals surface area contributed by atoms with Crippen LogP contribution in [0.3, 0.4) is 0 Å². The number of hydrogen-bond donors (Lipinski definition) is 1. The first-order valence-electron chi connectivity index (χ1n) is 4.91. The highest BCUT2D eigenvalue weighted by Gasteiger charge is 2.04. The monoisotopic (exact) mass is 217 g/mol. The van der Waals surface area contributed by atoms with E-state index in [1.807, 2.05) is 12.1 Å². The summed E-state index contributed by atoms with van der Waals surface area (Å²) in [6.07, 6.45) is 1.73. The molecule has 0 unspecified atom stereocenters. The summed E-state index contributed by atoms with van der Waals surface area (Å²) in [5.41, 5.74) is 4.83. The number of aryl methyl sites for hydroxylation is 1. The number of amides is 1. The van der Waals surface area contributed by atoms with Gasteiger partial charge in [-0.15, -0.1) is 0 Å². The van der Waals surface area contributed by atoms with E-state index in [0.717, 1.165) is 5.39 Å². The van der Waals surface area contributed by atoms with Crippen LogP contribution < -0.4 is 11.3 Å². The number of fused-ring (bicyclic) bond motifs is 1. The van der Waals surface area contributed by atoms with Gasteiger partial charge in [0, 0.05) is 11.8 Å². The summed E-state index contributed by atoms with van der Waals surface area (Å²) in [4.78, 5) is 22.5. The van der Waals surface area contributed by atoms with Gasteiger partial charge in [0.05, 0.1) is 18.1 Å². The predicted octanol–water partition coefficient (Wildman–Crippen LogP) is 0.272. The zero-order valence-corrected chi connectivity index (χ0v) is 8.59. The number of nitrogens with zero attached hydrogens (tertiary/aromatic N) is 2. The fourth-order valence-electron chi connectivity index (χ4n) is 1.50. The molecule has 1 amide bonds. The number of carbonyl (C=O) groups is 1. The third kappa shape index (κ3) is 1.93. The Morgan fingerprint density at radius 3 is 2.88 bits per heavy atom. The summed E-state index contributed by atoms with van der Waals surface area (Å²) in [5.74, 6) is -0.443. The minimum Gasteiger partial charge on any atom is -0.370 e. The fourth-order valence-corrected chi connectivity index (χ4v) is 1.50. The Hall–Kier alpha value is -2.17. The summed E-state index contributed by atoms with van der Waals surface area (Å²) in [7, 11) is 0. The molecule has 2 rings (SSSR count). The average Bonchev–Trinajstić information content (AvgIpc) is 2.28. The van der Waals surface area contributed by atoms with E-state index in [1.165, 1.54) is 4.68 Å². The molecule has 1 aromatic heterocycles. The minimum atomic E-state index is -0.443. The highest BCUT2D eigenvalue weighted by Crippen LogP contribution is 2.06. The Balaban J connectivity index is 2.45. The van der Waals surface area contributed by atoms with Crippen LogP contribution in [0.15, 0.2) is 35.3 Å². The zero-order valence-electron chi connectivity index (χ0n) is 8.59. The van der Waals surface area contributed by atoms with E-state index in [2.05, 4.69) is 5.10 Å². The van der Waals surface area contributed by atoms with E-state index >= 15 is 0 Å². The summed E-state index contributed by atoms with van der Waals surface area (Å²) < 4.78 is 1.26. The molecule has 0 atom stereocenters. The second kappa shape index (κ2) is 4.14. The highest BCUT2D eigenvalue weighted by atomic mass is 16.1. The van der Waals surface area contributed by atoms with Gasteiger partial charge in [-0.25, -0.2) is 4.68 Å². The topological polar surface area (TPSA) is 78.0 Å². The van der Waals surface area contributed by atoms with Crippen LogP contribution in [-0.4, -0.2) is 15.7 Å². The molecule has 0 aliphatic heterocycles. The van der Waals surface area contributed by atoms with Crippen molar-refractivity contribution < 1.29 is 4.79 Å². The van der Waals surface area contributed by atoms with Crippen LogP contribution in [-0.2, 0) is 11.3 Å². The third-order valence-corrected chi connectivity index (χ3v) is 2.33. The van der Waals surface area contributed by atoms with Gasteiger partial charge in [-0.3, -0.25) is 9.59 Å². The molecule has 2 aromatic rings. The largest absolute Gasteiger partial charge is 0.370 e. The molecule has 1 heterocycles. The lowest BCUT2D eigenvalue weighted by Gasteiger charge is -2.03. The molecule has 5 nitrogen and oxygen atoms in total. The number of hydrogen-bond acceptors (Lipinski definition) is 3. The maximum Gasteiger partial charge on any atom is 0.274 e. The average molecular weight is 217 g/mol. The van der Waals surface area contributed by atoms with Crippen LogP contribution in [0, 0.1) is 0 Å². The number of aromatic nitrogens is 2. The molecule has 2 N–H and O–H groups in total. The van der Waals surface area contributed by atoms with Gasteiger partial charge in [-0.1, -0.05) is 18.2 Å². The van der Waals surface area contributed by atoms with Crippen molar-refractivity contribution in [1.29, 1.82) is 0 Å². The summed E-state index contributed by atoms with van der Waals surface area (Å²) in [5, 5.41) is 5.37. The number of benzene rings is 1. The van der Waals surface area contributed by atoms with Crippen LogP contribution in [0.1, 0.15) is 6.42 Å². The molecule has 16 heavy (non-hydrogen) atoms. The molecule has 0 saturated heterocycles. The lowest BCUT2D eigenvalue weighted by Crippen LogP contribution is -2.25. The summed E-state index contributed by atoms with van der Waals surface area (Å²) in [6, 6.07) is 7.20. The Kier molecular flexibility index (Phi) is 2.68. The lowest BCUT2D eigenvalue weighted by molar-refractivity contribution is -0.118. The third-order valence-electron chi connectivity index (χ3n) is 2.33. The molecule has 0 bridgehead atoms. The quantitative estimate of drug-likeness (QED) is 0.801. The highest BCUT2D eigenvalue weighted by molar-refractivity contribution is 5.80. The van der Waals surface area contributed by atoms with Crippen molar-refractivity contribution in [3.63, 3.8) is 0 Å². The van der Waals surface area contributed by atoms with Crippen molar-refractivity contribution in [2.45, 2.75) is 13.0 Å². The van der Waals surface area contributed by atoms with Crippen molar-refractivity contribution >= 4 is 16.7 Å². The zero-order chi connectivity index (χ0) is 11.5. The molecule has 5 heteroatoms. The van der Waals surface area contributed by atoms with Gasteiger partial charge < -0.3 is 5.73 Å². The van der Waals surface area contributed by atoms with Crippen LogP contribution in [0.5, 0.6) is 0 Å². The van der Waals surface area contributed by atoms with Crippen molar-refractivity contribution in [2.75, 3.05) is 0 Å². The molecule has 0 saturated carbocycles. The van der Waals surface area contributed by atoms with Gasteiger partial charge >= 0.3 is 0 Å². The summed E-state index contributed by atoms with van der Waals surface area (Å²) >= 11 is 0. The van der Waals surface area contributed by atoms with Crippen LogP contribution in [0.2, 0.25) is 0 Å². The van der Waals surface area contributed by atoms with E-state index in [4.69, 9.17) is 5.73 Å². The SMILES string of the molecule is NC(=O)CCn1ncc2ccccc2c1=O. The van der Waals surface area contributed by atoms with Gasteiger partial charge in [0.1, 0.15) is 0 Å². The van der Waals surface area contributed by atoms with Gasteiger partial charge in [-0.05, 0) is 6.07 Å². The predicted molar refractivity (Wildman–Crippen MR) is 59.8 cm³/mol. The molecule has 0 aliphatic carbocycles. The van der Waals surface area contributed by atoms with Gasteiger partial charge in [0.15, 0.2) is 0 Å². The molecular formula is C11H11N3O2. The van der Waals surface area contributed by atoms with E-state index in [1.54, 1.807) is 18.3 Å². The Morgan fingerprint density at radius 1 is 1.38 bits per heavy atom.